The van der Waals surface area contributed by atoms with Crippen LogP contribution in [0.5, 0.6) is 0 Å². The summed E-state index contributed by atoms with van der Waals surface area (Å²) in [5, 5.41) is 11.0. The number of hydrogen-bond acceptors (Lipinski definition) is 4. The molecule has 1 heterocycles. The number of benzene rings is 1. The van der Waals surface area contributed by atoms with E-state index in [9.17, 15) is 14.7 Å². The molecule has 0 unspecified atom stereocenters. The average molecular weight is 291 g/mol. The monoisotopic (exact) mass is 291 g/mol. The SMILES string of the molecule is CC(C)(C)ON1C[C@H](C(=O)O)C[C@H]1c1ccccc1C=O. The molecule has 5 heteroatoms. The molecule has 114 valence electrons. The van der Waals surface area contributed by atoms with Crippen LogP contribution in [0.15, 0.2) is 24.3 Å². The Morgan fingerprint density at radius 3 is 2.62 bits per heavy atom. The Morgan fingerprint density at radius 1 is 1.38 bits per heavy atom. The molecule has 21 heavy (non-hydrogen) atoms. The first-order valence-electron chi connectivity index (χ1n) is 7.04. The summed E-state index contributed by atoms with van der Waals surface area (Å²) >= 11 is 0. The number of rotatable bonds is 4. The second-order valence-electron chi connectivity index (χ2n) is 6.34. The maximum Gasteiger partial charge on any atom is 0.307 e. The highest BCUT2D eigenvalue weighted by molar-refractivity contribution is 5.78. The molecule has 0 radical (unpaired) electrons. The van der Waals surface area contributed by atoms with Crippen LogP contribution in [0.25, 0.3) is 0 Å². The van der Waals surface area contributed by atoms with Crippen molar-refractivity contribution in [2.75, 3.05) is 6.54 Å². The molecule has 1 aromatic rings. The van der Waals surface area contributed by atoms with Crippen LogP contribution in [-0.4, -0.2) is 34.6 Å². The van der Waals surface area contributed by atoms with Gasteiger partial charge in [-0.15, -0.1) is 0 Å². The van der Waals surface area contributed by atoms with E-state index in [1.807, 2.05) is 32.9 Å². The Balaban J connectivity index is 2.33. The largest absolute Gasteiger partial charge is 0.481 e. The van der Waals surface area contributed by atoms with E-state index in [2.05, 4.69) is 0 Å². The van der Waals surface area contributed by atoms with Gasteiger partial charge in [0.25, 0.3) is 0 Å². The number of hydroxylamine groups is 2. The molecule has 1 aromatic carbocycles. The topological polar surface area (TPSA) is 66.8 Å². The van der Waals surface area contributed by atoms with Crippen LogP contribution in [0.1, 0.15) is 49.2 Å². The van der Waals surface area contributed by atoms with Gasteiger partial charge in [0.05, 0.1) is 17.6 Å². The number of carbonyl (C=O) groups is 2. The molecule has 0 aliphatic carbocycles. The van der Waals surface area contributed by atoms with Crippen LogP contribution < -0.4 is 0 Å². The van der Waals surface area contributed by atoms with E-state index in [0.29, 0.717) is 18.5 Å². The van der Waals surface area contributed by atoms with Crippen molar-refractivity contribution in [1.29, 1.82) is 0 Å². The summed E-state index contributed by atoms with van der Waals surface area (Å²) < 4.78 is 0. The first-order chi connectivity index (χ1) is 9.81. The van der Waals surface area contributed by atoms with E-state index in [1.165, 1.54) is 0 Å². The molecule has 0 aromatic heterocycles. The fraction of sp³-hybridized carbons (Fsp3) is 0.500. The van der Waals surface area contributed by atoms with Crippen molar-refractivity contribution in [3.8, 4) is 0 Å². The molecule has 1 fully saturated rings. The maximum atomic E-state index is 11.3. The lowest BCUT2D eigenvalue weighted by Gasteiger charge is -2.31. The van der Waals surface area contributed by atoms with Gasteiger partial charge in [0.2, 0.25) is 0 Å². The van der Waals surface area contributed by atoms with Gasteiger partial charge >= 0.3 is 5.97 Å². The fourth-order valence-electron chi connectivity index (χ4n) is 2.64. The van der Waals surface area contributed by atoms with Crippen molar-refractivity contribution in [3.63, 3.8) is 0 Å². The van der Waals surface area contributed by atoms with E-state index in [4.69, 9.17) is 4.84 Å². The lowest BCUT2D eigenvalue weighted by Crippen LogP contribution is -2.34. The number of nitrogens with zero attached hydrogens (tertiary/aromatic N) is 1. The van der Waals surface area contributed by atoms with Crippen molar-refractivity contribution in [2.24, 2.45) is 5.92 Å². The first-order valence-corrected chi connectivity index (χ1v) is 7.04. The quantitative estimate of drug-likeness (QED) is 0.864. The van der Waals surface area contributed by atoms with E-state index in [-0.39, 0.29) is 6.04 Å². The molecule has 5 nitrogen and oxygen atoms in total. The summed E-state index contributed by atoms with van der Waals surface area (Å²) in [7, 11) is 0. The zero-order valence-electron chi connectivity index (χ0n) is 12.6. The molecule has 2 atom stereocenters. The van der Waals surface area contributed by atoms with Gasteiger partial charge in [0.1, 0.15) is 6.29 Å². The van der Waals surface area contributed by atoms with Gasteiger partial charge in [-0.25, -0.2) is 0 Å². The Kier molecular flexibility index (Phi) is 4.44. The first kappa shape index (κ1) is 15.7. The normalized spacial score (nSPS) is 23.2. The third-order valence-corrected chi connectivity index (χ3v) is 3.48. The smallest absolute Gasteiger partial charge is 0.307 e. The van der Waals surface area contributed by atoms with Gasteiger partial charge < -0.3 is 5.11 Å². The highest BCUT2D eigenvalue weighted by Crippen LogP contribution is 2.38. The molecule has 1 saturated heterocycles. The second kappa shape index (κ2) is 5.95. The predicted molar refractivity (Wildman–Crippen MR) is 77.9 cm³/mol. The number of carboxylic acids is 1. The van der Waals surface area contributed by atoms with Gasteiger partial charge in [-0.2, -0.15) is 5.06 Å². The molecule has 1 aliphatic heterocycles. The van der Waals surface area contributed by atoms with Crippen molar-refractivity contribution >= 4 is 12.3 Å². The molecule has 0 spiro atoms. The van der Waals surface area contributed by atoms with Gasteiger partial charge in [-0.1, -0.05) is 24.3 Å². The van der Waals surface area contributed by atoms with Crippen molar-refractivity contribution < 1.29 is 19.5 Å². The third-order valence-electron chi connectivity index (χ3n) is 3.48. The van der Waals surface area contributed by atoms with Gasteiger partial charge in [0.15, 0.2) is 0 Å². The number of carbonyl (C=O) groups excluding carboxylic acids is 1. The van der Waals surface area contributed by atoms with Crippen molar-refractivity contribution in [3.05, 3.63) is 35.4 Å². The van der Waals surface area contributed by atoms with Crippen LogP contribution in [0.4, 0.5) is 0 Å². The molecule has 0 bridgehead atoms. The Bertz CT molecular complexity index is 535. The van der Waals surface area contributed by atoms with E-state index >= 15 is 0 Å². The number of aldehydes is 1. The summed E-state index contributed by atoms with van der Waals surface area (Å²) in [5.41, 5.74) is 0.985. The molecule has 1 N–H and O–H groups in total. The second-order valence-corrected chi connectivity index (χ2v) is 6.34. The third kappa shape index (κ3) is 3.68. The van der Waals surface area contributed by atoms with E-state index < -0.39 is 17.5 Å². The van der Waals surface area contributed by atoms with Crippen LogP contribution >= 0.6 is 0 Å². The number of hydrogen-bond donors (Lipinski definition) is 1. The Hall–Kier alpha value is -1.72. The molecule has 2 rings (SSSR count). The minimum Gasteiger partial charge on any atom is -0.481 e. The molecular weight excluding hydrogens is 270 g/mol. The Labute approximate surface area is 124 Å². The summed E-state index contributed by atoms with van der Waals surface area (Å²) in [5.74, 6) is -1.32. The lowest BCUT2D eigenvalue weighted by molar-refractivity contribution is -0.239. The highest BCUT2D eigenvalue weighted by Gasteiger charge is 2.40. The molecular formula is C16H21NO4. The van der Waals surface area contributed by atoms with Crippen LogP contribution in [0.2, 0.25) is 0 Å². The Morgan fingerprint density at radius 2 is 2.05 bits per heavy atom. The minimum absolute atomic E-state index is 0.216. The summed E-state index contributed by atoms with van der Waals surface area (Å²) in [6, 6.07) is 7.03. The highest BCUT2D eigenvalue weighted by atomic mass is 16.7. The predicted octanol–water partition coefficient (Wildman–Crippen LogP) is 2.68. The van der Waals surface area contributed by atoms with Crippen molar-refractivity contribution in [2.45, 2.75) is 38.8 Å². The zero-order valence-corrected chi connectivity index (χ0v) is 12.6. The van der Waals surface area contributed by atoms with Crippen LogP contribution in [0, 0.1) is 5.92 Å². The lowest BCUT2D eigenvalue weighted by atomic mass is 9.96. The molecule has 1 aliphatic rings. The van der Waals surface area contributed by atoms with Gasteiger partial charge in [-0.05, 0) is 32.8 Å². The van der Waals surface area contributed by atoms with Gasteiger partial charge in [-0.3, -0.25) is 14.4 Å². The number of aliphatic carboxylic acids is 1. The molecule has 0 amide bonds. The van der Waals surface area contributed by atoms with Crippen molar-refractivity contribution in [1.82, 2.24) is 5.06 Å². The van der Waals surface area contributed by atoms with E-state index in [1.54, 1.807) is 17.2 Å². The maximum absolute atomic E-state index is 11.3. The average Bonchev–Trinajstić information content (AvgIpc) is 2.80. The summed E-state index contributed by atoms with van der Waals surface area (Å²) in [6.45, 7) is 6.09. The van der Waals surface area contributed by atoms with Gasteiger partial charge in [0, 0.05) is 12.1 Å². The van der Waals surface area contributed by atoms with E-state index in [0.717, 1.165) is 11.8 Å². The molecule has 0 saturated carbocycles. The fourth-order valence-corrected chi connectivity index (χ4v) is 2.64. The zero-order chi connectivity index (χ0) is 15.6. The van der Waals surface area contributed by atoms with Crippen LogP contribution in [-0.2, 0) is 9.63 Å². The summed E-state index contributed by atoms with van der Waals surface area (Å²) in [4.78, 5) is 28.4. The standard InChI is InChI=1S/C16H21NO4/c1-16(2,3)21-17-9-12(15(19)20)8-14(17)13-7-5-4-6-11(13)10-18/h4-7,10,12,14H,8-9H2,1-3H3,(H,19,20)/t12-,14+/m1/s1. The van der Waals surface area contributed by atoms with Crippen LogP contribution in [0.3, 0.4) is 0 Å². The number of carboxylic acid groups (broad SMARTS) is 1. The summed E-state index contributed by atoms with van der Waals surface area (Å²) in [6.07, 6.45) is 1.25. The minimum atomic E-state index is -0.830.